The van der Waals surface area contributed by atoms with Gasteiger partial charge in [0.1, 0.15) is 23.1 Å². The van der Waals surface area contributed by atoms with Gasteiger partial charge in [-0.25, -0.2) is 24.3 Å². The molecule has 2 aromatic carbocycles. The third-order valence-corrected chi connectivity index (χ3v) is 14.9. The minimum Gasteiger partial charge on any atom is -0.391 e. The number of thiazole rings is 1. The third kappa shape index (κ3) is 13.8. The number of likely N-dealkylation sites (tertiary alicyclic amines) is 1. The summed E-state index contributed by atoms with van der Waals surface area (Å²) >= 11 is 1.57. The van der Waals surface area contributed by atoms with Crippen LogP contribution >= 0.6 is 11.3 Å². The van der Waals surface area contributed by atoms with E-state index in [0.29, 0.717) is 54.3 Å². The lowest BCUT2D eigenvalue weighted by atomic mass is 9.85. The Morgan fingerprint density at radius 2 is 1.62 bits per heavy atom. The van der Waals surface area contributed by atoms with Crippen molar-refractivity contribution in [3.8, 4) is 16.3 Å². The zero-order chi connectivity index (χ0) is 55.0. The Hall–Kier alpha value is -7.33. The predicted octanol–water partition coefficient (Wildman–Crippen LogP) is 5.17. The van der Waals surface area contributed by atoms with Crippen molar-refractivity contribution >= 4 is 63.3 Å². The molecule has 4 aromatic heterocycles. The smallest absolute Gasteiger partial charge is 0.278 e. The van der Waals surface area contributed by atoms with E-state index >= 15 is 0 Å². The number of fused-ring (bicyclic) bond motifs is 1. The Morgan fingerprint density at radius 1 is 0.896 bits per heavy atom. The number of aromatic nitrogens is 6. The first kappa shape index (κ1) is 55.9. The first-order valence-corrected chi connectivity index (χ1v) is 27.1. The summed E-state index contributed by atoms with van der Waals surface area (Å²) in [6, 6.07) is 19.3. The van der Waals surface area contributed by atoms with Crippen LogP contribution in [0.15, 0.2) is 95.9 Å². The van der Waals surface area contributed by atoms with Crippen molar-refractivity contribution < 1.29 is 29.4 Å². The van der Waals surface area contributed by atoms with Crippen molar-refractivity contribution in [3.05, 3.63) is 118 Å². The van der Waals surface area contributed by atoms with E-state index < -0.39 is 35.1 Å². The number of hydrogen-bond acceptors (Lipinski definition) is 15. The van der Waals surface area contributed by atoms with Crippen LogP contribution in [0.2, 0.25) is 0 Å². The fraction of sp³-hybridized carbons (Fsp3) is 0.446. The molecule has 408 valence electrons. The summed E-state index contributed by atoms with van der Waals surface area (Å²) in [5.41, 5.74) is 5.19. The van der Waals surface area contributed by atoms with Gasteiger partial charge in [-0.3, -0.25) is 28.9 Å². The molecule has 4 amide bonds. The Kier molecular flexibility index (Phi) is 17.7. The molecule has 2 saturated heterocycles. The molecule has 0 aliphatic carbocycles. The number of aliphatic hydroxyl groups excluding tert-OH is 1. The number of nitrogens with one attached hydrogen (secondary N) is 4. The normalized spacial score (nSPS) is 16.6. The minimum absolute atomic E-state index is 0.0146. The minimum atomic E-state index is -1.19. The predicted molar refractivity (Wildman–Crippen MR) is 298 cm³/mol. The standard InChI is InChI=1S/C56H71N13O7S/c1-8-25-68-52(74)42-33-59-54(64-50(42)69(68)45-13-9-12-44(62-45)56(6,7)76)61-39-20-22-40(23-21-39)66-29-27-65(28-30-66)26-11-15-46(71)57-24-10-14-47(72)63-49(55(3,4)5)53(75)67-34-41(70)31-43(67)51(73)58-32-37-16-18-38(19-17-37)48-36(2)60-35-77-48/h8-9,12-13,16-23,33,35,41,43,49,70,76H,1,10-11,14-15,24-32,34H2,2-7H3,(H,57,71)(H,58,73)(H,63,72)(H,59,61,64). The summed E-state index contributed by atoms with van der Waals surface area (Å²) < 4.78 is 3.11. The van der Waals surface area contributed by atoms with Crippen molar-refractivity contribution in [2.75, 3.05) is 56.0 Å². The van der Waals surface area contributed by atoms with Gasteiger partial charge in [-0.1, -0.05) is 57.2 Å². The number of allylic oxidation sites excluding steroid dienone is 1. The monoisotopic (exact) mass is 1070 g/mol. The van der Waals surface area contributed by atoms with Crippen molar-refractivity contribution in [2.45, 2.75) is 111 Å². The van der Waals surface area contributed by atoms with E-state index in [-0.39, 0.29) is 55.8 Å². The van der Waals surface area contributed by atoms with Crippen LogP contribution in [0.25, 0.3) is 27.3 Å². The lowest BCUT2D eigenvalue weighted by molar-refractivity contribution is -0.144. The molecule has 21 heteroatoms. The highest BCUT2D eigenvalue weighted by Gasteiger charge is 2.44. The number of anilines is 3. The molecule has 3 atom stereocenters. The lowest BCUT2D eigenvalue weighted by Crippen LogP contribution is -2.57. The van der Waals surface area contributed by atoms with Crippen LogP contribution in [-0.4, -0.2) is 137 Å². The second-order valence-electron chi connectivity index (χ2n) is 21.4. The van der Waals surface area contributed by atoms with Gasteiger partial charge in [-0.05, 0) is 93.1 Å². The highest BCUT2D eigenvalue weighted by atomic mass is 32.1. The summed E-state index contributed by atoms with van der Waals surface area (Å²) in [6.45, 7) is 19.5. The van der Waals surface area contributed by atoms with Gasteiger partial charge < -0.3 is 41.3 Å². The van der Waals surface area contributed by atoms with Crippen LogP contribution in [0.3, 0.4) is 0 Å². The van der Waals surface area contributed by atoms with E-state index in [4.69, 9.17) is 4.98 Å². The van der Waals surface area contributed by atoms with Gasteiger partial charge in [-0.2, -0.15) is 4.98 Å². The van der Waals surface area contributed by atoms with E-state index in [0.717, 1.165) is 65.8 Å². The first-order valence-electron chi connectivity index (χ1n) is 26.2. The number of hydrogen-bond donors (Lipinski definition) is 6. The number of β-amino-alcohol motifs (C(OH)–C–C–N with tert-alkyl or cyclic N) is 1. The zero-order valence-electron chi connectivity index (χ0n) is 44.8. The molecular formula is C56H71N13O7S. The number of piperazine rings is 1. The topological polar surface area (TPSA) is 245 Å². The van der Waals surface area contributed by atoms with Gasteiger partial charge in [0.2, 0.25) is 29.6 Å². The summed E-state index contributed by atoms with van der Waals surface area (Å²) in [5.74, 6) is -0.492. The van der Waals surface area contributed by atoms with Crippen molar-refractivity contribution in [2.24, 2.45) is 5.41 Å². The average molecular weight is 1070 g/mol. The number of carbonyl (C=O) groups is 4. The fourth-order valence-electron chi connectivity index (χ4n) is 9.65. The Bertz CT molecular complexity index is 3110. The molecule has 8 rings (SSSR count). The number of pyridine rings is 1. The summed E-state index contributed by atoms with van der Waals surface area (Å²) in [6.07, 6.45) is 3.88. The van der Waals surface area contributed by atoms with Crippen LogP contribution in [-0.2, 0) is 37.9 Å². The van der Waals surface area contributed by atoms with Crippen LogP contribution < -0.4 is 31.7 Å². The molecule has 77 heavy (non-hydrogen) atoms. The number of carbonyl (C=O) groups excluding carboxylic acids is 4. The van der Waals surface area contributed by atoms with Gasteiger partial charge in [0.15, 0.2) is 11.5 Å². The summed E-state index contributed by atoms with van der Waals surface area (Å²) in [7, 11) is 0. The molecule has 2 aliphatic heterocycles. The molecule has 20 nitrogen and oxygen atoms in total. The van der Waals surface area contributed by atoms with Crippen LogP contribution in [0.5, 0.6) is 0 Å². The Labute approximate surface area is 452 Å². The van der Waals surface area contributed by atoms with Crippen LogP contribution in [0.1, 0.15) is 83.7 Å². The lowest BCUT2D eigenvalue weighted by Gasteiger charge is -2.36. The molecule has 2 fully saturated rings. The van der Waals surface area contributed by atoms with E-state index in [9.17, 15) is 34.2 Å². The summed E-state index contributed by atoms with van der Waals surface area (Å²) in [5, 5.41) is 33.6. The van der Waals surface area contributed by atoms with E-state index in [1.807, 2.05) is 81.7 Å². The molecule has 6 heterocycles. The largest absolute Gasteiger partial charge is 0.391 e. The van der Waals surface area contributed by atoms with Crippen molar-refractivity contribution in [1.82, 2.24) is 55.0 Å². The Balaban J connectivity index is 0.739. The SMILES string of the molecule is C=CCn1c(=O)c2cnc(Nc3ccc(N4CCN(CCCC(=O)NCCCC(=O)NC(C(=O)N5CC(O)CC5C(=O)NCc5ccc(-c6scnc6C)cc5)C(C)(C)C)CC4)cc3)nc2n1-c1cccc(C(C)(C)O)n1. The number of benzene rings is 2. The highest BCUT2D eigenvalue weighted by Crippen LogP contribution is 2.30. The van der Waals surface area contributed by atoms with Gasteiger partial charge in [0.05, 0.1) is 34.4 Å². The fourth-order valence-corrected chi connectivity index (χ4v) is 10.5. The number of aryl methyl sites for hydroxylation is 1. The van der Waals surface area contributed by atoms with E-state index in [1.165, 1.54) is 15.8 Å². The number of rotatable bonds is 21. The average Bonchev–Trinajstić information content (AvgIpc) is 4.14. The molecule has 0 saturated carbocycles. The number of amides is 4. The van der Waals surface area contributed by atoms with E-state index in [2.05, 4.69) is 52.6 Å². The van der Waals surface area contributed by atoms with E-state index in [1.54, 1.807) is 54.1 Å². The van der Waals surface area contributed by atoms with Crippen LogP contribution in [0.4, 0.5) is 17.3 Å². The summed E-state index contributed by atoms with van der Waals surface area (Å²) in [4.78, 5) is 92.3. The first-order chi connectivity index (χ1) is 36.8. The quantitative estimate of drug-likeness (QED) is 0.0403. The maximum absolute atomic E-state index is 14.1. The highest BCUT2D eigenvalue weighted by molar-refractivity contribution is 7.13. The molecule has 0 radical (unpaired) electrons. The Morgan fingerprint density at radius 3 is 2.30 bits per heavy atom. The van der Waals surface area contributed by atoms with Gasteiger partial charge in [0.25, 0.3) is 5.56 Å². The number of nitrogens with zero attached hydrogens (tertiary/aromatic N) is 9. The zero-order valence-corrected chi connectivity index (χ0v) is 45.6. The maximum Gasteiger partial charge on any atom is 0.278 e. The second-order valence-corrected chi connectivity index (χ2v) is 22.2. The third-order valence-electron chi connectivity index (χ3n) is 13.9. The molecule has 6 aromatic rings. The molecule has 3 unspecified atom stereocenters. The molecule has 2 aliphatic rings. The molecular weight excluding hydrogens is 999 g/mol. The molecule has 0 spiro atoms. The van der Waals surface area contributed by atoms with Gasteiger partial charge in [0, 0.05) is 82.6 Å². The van der Waals surface area contributed by atoms with Crippen LogP contribution in [0, 0.1) is 12.3 Å². The van der Waals surface area contributed by atoms with Crippen molar-refractivity contribution in [3.63, 3.8) is 0 Å². The molecule has 6 N–H and O–H groups in total. The van der Waals surface area contributed by atoms with Crippen molar-refractivity contribution in [1.29, 1.82) is 0 Å². The number of aliphatic hydroxyl groups is 2. The second kappa shape index (κ2) is 24.3. The maximum atomic E-state index is 14.1. The van der Waals surface area contributed by atoms with Gasteiger partial charge >= 0.3 is 0 Å². The van der Waals surface area contributed by atoms with Gasteiger partial charge in [-0.15, -0.1) is 17.9 Å². The molecule has 0 bridgehead atoms.